The van der Waals surface area contributed by atoms with Gasteiger partial charge in [-0.1, -0.05) is 13.8 Å². The van der Waals surface area contributed by atoms with Gasteiger partial charge < -0.3 is 9.47 Å². The molecule has 7 heteroatoms. The number of hydrogen-bond donors (Lipinski definition) is 0. The molecule has 133 valence electrons. The Balaban J connectivity index is 0. The Hall–Kier alpha value is -0.605. The van der Waals surface area contributed by atoms with Crippen molar-refractivity contribution >= 4 is 28.4 Å². The first-order valence-corrected chi connectivity index (χ1v) is 9.94. The highest BCUT2D eigenvalue weighted by molar-refractivity contribution is 7.55. The lowest BCUT2D eigenvalue weighted by Gasteiger charge is -2.30. The van der Waals surface area contributed by atoms with Crippen molar-refractivity contribution in [2.24, 2.45) is 0 Å². The number of carbonyl (C=O) groups excluding carboxylic acids is 2. The molecule has 0 atom stereocenters. The Morgan fingerprint density at radius 1 is 0.826 bits per heavy atom. The summed E-state index contributed by atoms with van der Waals surface area (Å²) in [6.07, 6.45) is 6.44. The van der Waals surface area contributed by atoms with Gasteiger partial charge in [-0.15, -0.1) is 0 Å². The van der Waals surface area contributed by atoms with Crippen molar-refractivity contribution in [3.8, 4) is 0 Å². The van der Waals surface area contributed by atoms with Gasteiger partial charge in [0.15, 0.2) is 0 Å². The lowest BCUT2D eigenvalue weighted by Crippen LogP contribution is -2.20. The average Bonchev–Trinajstić information content (AvgIpc) is 2.46. The fourth-order valence-corrected chi connectivity index (χ4v) is 5.01. The molecule has 5 nitrogen and oxygen atoms in total. The molecule has 0 N–H and O–H groups in total. The summed E-state index contributed by atoms with van der Waals surface area (Å²) in [5.74, 6) is -0.395. The quantitative estimate of drug-likeness (QED) is 0.222. The maximum atomic E-state index is 10.7. The lowest BCUT2D eigenvalue weighted by molar-refractivity contribution is -0.142. The second-order valence-electron chi connectivity index (χ2n) is 5.19. The fraction of sp³-hybridized carbons (Fsp3) is 0.875. The van der Waals surface area contributed by atoms with E-state index in [9.17, 15) is 9.59 Å². The zero-order chi connectivity index (χ0) is 16.8. The number of hydrogen-bond acceptors (Lipinski definition) is 5. The predicted octanol–water partition coefficient (Wildman–Crippen LogP) is 3.03. The molecule has 0 spiro atoms. The Morgan fingerprint density at radius 3 is 1.52 bits per heavy atom. The van der Waals surface area contributed by atoms with Crippen LogP contribution in [0, 0.1) is 0 Å². The van der Waals surface area contributed by atoms with Crippen LogP contribution in [0.4, 0.5) is 0 Å². The molecule has 0 amide bonds. The van der Waals surface area contributed by atoms with Gasteiger partial charge in [-0.05, 0) is 59.2 Å². The summed E-state index contributed by atoms with van der Waals surface area (Å²) in [6, 6.07) is 0. The van der Waals surface area contributed by atoms with Gasteiger partial charge in [-0.25, -0.2) is 0 Å². The van der Waals surface area contributed by atoms with Gasteiger partial charge in [-0.2, -0.15) is 0 Å². The second kappa shape index (κ2) is 16.3. The van der Waals surface area contributed by atoms with Gasteiger partial charge in [-0.3, -0.25) is 14.3 Å². The molecule has 0 aromatic carbocycles. The van der Waals surface area contributed by atoms with Crippen LogP contribution in [0.15, 0.2) is 0 Å². The highest BCUT2D eigenvalue weighted by Crippen LogP contribution is 2.41. The van der Waals surface area contributed by atoms with Crippen molar-refractivity contribution in [1.29, 1.82) is 0 Å². The molecular weight excluding hydrogens is 312 g/mol. The Bertz CT molecular complexity index is 290. The van der Waals surface area contributed by atoms with Gasteiger partial charge in [0.2, 0.25) is 0 Å². The molecule has 0 aliphatic rings. The summed E-state index contributed by atoms with van der Waals surface area (Å²) in [7, 11) is -0.136. The molecule has 0 bridgehead atoms. The molecule has 3 radical (unpaired) electrons. The van der Waals surface area contributed by atoms with E-state index in [-0.39, 0.29) is 28.4 Å². The van der Waals surface area contributed by atoms with Gasteiger partial charge in [0, 0.05) is 22.3 Å². The van der Waals surface area contributed by atoms with Crippen LogP contribution in [0.2, 0.25) is 0 Å². The molecule has 0 saturated carbocycles. The van der Waals surface area contributed by atoms with Crippen molar-refractivity contribution < 1.29 is 19.1 Å². The third kappa shape index (κ3) is 14.7. The summed E-state index contributed by atoms with van der Waals surface area (Å²) in [5.41, 5.74) is 0. The van der Waals surface area contributed by atoms with E-state index < -0.39 is 0 Å². The third-order valence-electron chi connectivity index (χ3n) is 3.36. The molecule has 0 fully saturated rings. The summed E-state index contributed by atoms with van der Waals surface area (Å²) < 4.78 is 12.5. The first-order chi connectivity index (χ1) is 10.5. The van der Waals surface area contributed by atoms with Crippen LogP contribution >= 0.6 is 8.07 Å². The van der Waals surface area contributed by atoms with Crippen molar-refractivity contribution in [1.82, 2.24) is 4.67 Å². The van der Waals surface area contributed by atoms with E-state index in [1.54, 1.807) is 0 Å². The van der Waals surface area contributed by atoms with Crippen LogP contribution in [0.3, 0.4) is 0 Å². The van der Waals surface area contributed by atoms with Gasteiger partial charge in [0.05, 0.1) is 13.2 Å². The van der Waals surface area contributed by atoms with E-state index in [1.165, 1.54) is 26.2 Å². The summed E-state index contributed by atoms with van der Waals surface area (Å²) in [6.45, 7) is 10.5. The molecule has 0 aliphatic heterocycles. The topological polar surface area (TPSA) is 55.8 Å². The molecule has 0 aliphatic carbocycles. The smallest absolute Gasteiger partial charge is 0.302 e. The number of unbranched alkanes of at least 4 members (excludes halogenated alkanes) is 2. The maximum absolute atomic E-state index is 10.7. The monoisotopic (exact) mass is 344 g/mol. The van der Waals surface area contributed by atoms with E-state index in [0.717, 1.165) is 38.8 Å². The van der Waals surface area contributed by atoms with Crippen LogP contribution in [-0.2, 0) is 19.1 Å². The molecule has 0 aromatic heterocycles. The highest BCUT2D eigenvalue weighted by Gasteiger charge is 2.14. The molecule has 23 heavy (non-hydrogen) atoms. The summed E-state index contributed by atoms with van der Waals surface area (Å²) >= 11 is 0. The molecule has 0 rings (SSSR count). The van der Waals surface area contributed by atoms with E-state index in [1.807, 2.05) is 0 Å². The molecule has 0 aromatic rings. The van der Waals surface area contributed by atoms with Crippen LogP contribution in [0.5, 0.6) is 0 Å². The highest BCUT2D eigenvalue weighted by atomic mass is 31.1. The van der Waals surface area contributed by atoms with E-state index in [0.29, 0.717) is 13.2 Å². The van der Waals surface area contributed by atoms with Crippen molar-refractivity contribution in [2.45, 2.75) is 53.4 Å². The normalized spacial score (nSPS) is 10.5. The predicted molar refractivity (Wildman–Crippen MR) is 97.1 cm³/mol. The zero-order valence-corrected chi connectivity index (χ0v) is 16.1. The first kappa shape index (κ1) is 24.6. The minimum atomic E-state index is -0.198. The van der Waals surface area contributed by atoms with E-state index >= 15 is 0 Å². The van der Waals surface area contributed by atoms with Crippen molar-refractivity contribution in [3.05, 3.63) is 0 Å². The third-order valence-corrected chi connectivity index (χ3v) is 6.39. The van der Waals surface area contributed by atoms with Crippen LogP contribution in [0.1, 0.15) is 53.4 Å². The van der Waals surface area contributed by atoms with E-state index in [4.69, 9.17) is 9.47 Å². The van der Waals surface area contributed by atoms with Gasteiger partial charge in [0.25, 0.3) is 0 Å². The van der Waals surface area contributed by atoms with Crippen molar-refractivity contribution in [2.75, 3.05) is 38.6 Å². The maximum Gasteiger partial charge on any atom is 0.302 e. The standard InChI is InChI=1S/C16H32NO4P.B/c1-5-17(6-2)22(13-9-7-11-20-15(3)18)14-10-8-12-21-16(4)19;/h5-14H2,1-4H3;. The fourth-order valence-electron chi connectivity index (χ4n) is 2.24. The molecule has 0 saturated heterocycles. The van der Waals surface area contributed by atoms with Gasteiger partial charge in [0.1, 0.15) is 0 Å². The Morgan fingerprint density at radius 2 is 1.22 bits per heavy atom. The van der Waals surface area contributed by atoms with Gasteiger partial charge >= 0.3 is 11.9 Å². The van der Waals surface area contributed by atoms with Crippen LogP contribution < -0.4 is 0 Å². The number of rotatable bonds is 13. The number of esters is 2. The molecule has 0 unspecified atom stereocenters. The minimum Gasteiger partial charge on any atom is -0.466 e. The number of nitrogens with zero attached hydrogens (tertiary/aromatic N) is 1. The first-order valence-electron chi connectivity index (χ1n) is 8.27. The van der Waals surface area contributed by atoms with E-state index in [2.05, 4.69) is 18.5 Å². The number of ether oxygens (including phenoxy) is 2. The Labute approximate surface area is 144 Å². The summed E-state index contributed by atoms with van der Waals surface area (Å²) in [4.78, 5) is 21.5. The lowest BCUT2D eigenvalue weighted by atomic mass is 10.3. The second-order valence-corrected chi connectivity index (χ2v) is 7.66. The summed E-state index contributed by atoms with van der Waals surface area (Å²) in [5, 5.41) is 0. The largest absolute Gasteiger partial charge is 0.466 e. The van der Waals surface area contributed by atoms with Crippen LogP contribution in [-0.4, -0.2) is 63.6 Å². The zero-order valence-electron chi connectivity index (χ0n) is 15.2. The van der Waals surface area contributed by atoms with Crippen LogP contribution in [0.25, 0.3) is 0 Å². The molecular formula is C16H32BNO4P. The Kier molecular flexibility index (Phi) is 17.4. The van der Waals surface area contributed by atoms with Crippen molar-refractivity contribution in [3.63, 3.8) is 0 Å². The minimum absolute atomic E-state index is 0. The average molecular weight is 344 g/mol. The SMILES string of the molecule is CCN(CC)P(CCCCOC(C)=O)CCCCOC(C)=O.[B]. The number of carbonyl (C=O) groups is 2. The molecule has 0 heterocycles.